The van der Waals surface area contributed by atoms with Gasteiger partial charge in [-0.05, 0) is 19.4 Å². The van der Waals surface area contributed by atoms with E-state index < -0.39 is 0 Å². The first-order chi connectivity index (χ1) is 7.19. The van der Waals surface area contributed by atoms with Gasteiger partial charge in [0, 0.05) is 19.1 Å². The zero-order valence-corrected chi connectivity index (χ0v) is 9.74. The zero-order chi connectivity index (χ0) is 11.3. The molecule has 1 fully saturated rings. The van der Waals surface area contributed by atoms with Gasteiger partial charge in [-0.25, -0.2) is 0 Å². The van der Waals surface area contributed by atoms with Crippen molar-refractivity contribution in [3.63, 3.8) is 0 Å². The standard InChI is InChI=1S/C11H22N2O2/c1-9(11(14)15-2)8-13-6-4-3-5-10(13)7-12/h9-10H,3-8,12H2,1-2H3. The minimum Gasteiger partial charge on any atom is -0.469 e. The Morgan fingerprint density at radius 3 is 2.93 bits per heavy atom. The van der Waals surface area contributed by atoms with Crippen molar-refractivity contribution in [2.24, 2.45) is 11.7 Å². The first-order valence-electron chi connectivity index (χ1n) is 5.71. The lowest BCUT2D eigenvalue weighted by Gasteiger charge is -2.36. The molecule has 0 radical (unpaired) electrons. The number of carbonyl (C=O) groups is 1. The fourth-order valence-corrected chi connectivity index (χ4v) is 2.19. The van der Waals surface area contributed by atoms with Crippen LogP contribution < -0.4 is 5.73 Å². The maximum atomic E-state index is 11.3. The largest absolute Gasteiger partial charge is 0.469 e. The van der Waals surface area contributed by atoms with Gasteiger partial charge in [0.25, 0.3) is 0 Å². The predicted octanol–water partition coefficient (Wildman–Crippen LogP) is 0.609. The number of esters is 1. The van der Waals surface area contributed by atoms with E-state index in [1.165, 1.54) is 20.0 Å². The maximum Gasteiger partial charge on any atom is 0.309 e. The molecule has 1 aliphatic rings. The molecular weight excluding hydrogens is 192 g/mol. The lowest BCUT2D eigenvalue weighted by Crippen LogP contribution is -2.46. The van der Waals surface area contributed by atoms with Gasteiger partial charge in [0.15, 0.2) is 0 Å². The molecule has 0 aromatic rings. The van der Waals surface area contributed by atoms with Crippen LogP contribution in [-0.4, -0.2) is 43.7 Å². The van der Waals surface area contributed by atoms with Gasteiger partial charge in [-0.1, -0.05) is 13.3 Å². The normalized spacial score (nSPS) is 24.9. The molecule has 2 unspecified atom stereocenters. The lowest BCUT2D eigenvalue weighted by atomic mass is 10.0. The summed E-state index contributed by atoms with van der Waals surface area (Å²) in [6, 6.07) is 0.450. The first-order valence-corrected chi connectivity index (χ1v) is 5.71. The fraction of sp³-hybridized carbons (Fsp3) is 0.909. The summed E-state index contributed by atoms with van der Waals surface area (Å²) in [6.07, 6.45) is 3.62. The lowest BCUT2D eigenvalue weighted by molar-refractivity contribution is -0.145. The topological polar surface area (TPSA) is 55.6 Å². The van der Waals surface area contributed by atoms with Gasteiger partial charge in [0.05, 0.1) is 13.0 Å². The summed E-state index contributed by atoms with van der Waals surface area (Å²) in [5, 5.41) is 0. The number of hydrogen-bond acceptors (Lipinski definition) is 4. The molecule has 1 aliphatic heterocycles. The highest BCUT2D eigenvalue weighted by Gasteiger charge is 2.25. The summed E-state index contributed by atoms with van der Waals surface area (Å²) in [6.45, 7) is 4.43. The van der Waals surface area contributed by atoms with Crippen molar-refractivity contribution in [3.05, 3.63) is 0 Å². The molecular formula is C11H22N2O2. The average molecular weight is 214 g/mol. The van der Waals surface area contributed by atoms with E-state index in [0.717, 1.165) is 19.5 Å². The van der Waals surface area contributed by atoms with Crippen LogP contribution in [0.15, 0.2) is 0 Å². The highest BCUT2D eigenvalue weighted by molar-refractivity contribution is 5.72. The van der Waals surface area contributed by atoms with Crippen LogP contribution in [0.4, 0.5) is 0 Å². The summed E-state index contributed by atoms with van der Waals surface area (Å²) < 4.78 is 4.73. The van der Waals surface area contributed by atoms with Crippen molar-refractivity contribution >= 4 is 5.97 Å². The second-order valence-electron chi connectivity index (χ2n) is 4.30. The van der Waals surface area contributed by atoms with E-state index in [1.54, 1.807) is 0 Å². The minimum absolute atomic E-state index is 0.0536. The van der Waals surface area contributed by atoms with Crippen molar-refractivity contribution < 1.29 is 9.53 Å². The van der Waals surface area contributed by atoms with Crippen LogP contribution in [0.3, 0.4) is 0 Å². The predicted molar refractivity (Wildman–Crippen MR) is 59.4 cm³/mol. The molecule has 4 heteroatoms. The van der Waals surface area contributed by atoms with E-state index in [1.807, 2.05) is 6.92 Å². The van der Waals surface area contributed by atoms with Crippen molar-refractivity contribution in [3.8, 4) is 0 Å². The van der Waals surface area contributed by atoms with Crippen LogP contribution in [0.2, 0.25) is 0 Å². The summed E-state index contributed by atoms with van der Waals surface area (Å²) in [4.78, 5) is 13.6. The molecule has 2 N–H and O–H groups in total. The molecule has 0 saturated carbocycles. The Labute approximate surface area is 91.8 Å². The second-order valence-corrected chi connectivity index (χ2v) is 4.30. The van der Waals surface area contributed by atoms with E-state index in [2.05, 4.69) is 4.90 Å². The van der Waals surface area contributed by atoms with Gasteiger partial charge in [-0.15, -0.1) is 0 Å². The average Bonchev–Trinajstić information content (AvgIpc) is 2.28. The van der Waals surface area contributed by atoms with Gasteiger partial charge >= 0.3 is 5.97 Å². The third kappa shape index (κ3) is 3.47. The molecule has 15 heavy (non-hydrogen) atoms. The Bertz CT molecular complexity index is 209. The summed E-state index contributed by atoms with van der Waals surface area (Å²) in [5.41, 5.74) is 5.72. The Morgan fingerprint density at radius 1 is 1.60 bits per heavy atom. The van der Waals surface area contributed by atoms with Crippen LogP contribution >= 0.6 is 0 Å². The van der Waals surface area contributed by atoms with Crippen molar-refractivity contribution in [2.75, 3.05) is 26.7 Å². The number of nitrogens with zero attached hydrogens (tertiary/aromatic N) is 1. The SMILES string of the molecule is COC(=O)C(C)CN1CCCCC1CN. The van der Waals surface area contributed by atoms with E-state index in [9.17, 15) is 4.79 Å². The fourth-order valence-electron chi connectivity index (χ4n) is 2.19. The quantitative estimate of drug-likeness (QED) is 0.697. The highest BCUT2D eigenvalue weighted by atomic mass is 16.5. The summed E-state index contributed by atoms with van der Waals surface area (Å²) in [7, 11) is 1.44. The van der Waals surface area contributed by atoms with Gasteiger partial charge < -0.3 is 10.5 Å². The Hall–Kier alpha value is -0.610. The molecule has 1 saturated heterocycles. The summed E-state index contributed by atoms with van der Waals surface area (Å²) in [5.74, 6) is -0.182. The molecule has 0 spiro atoms. The van der Waals surface area contributed by atoms with E-state index in [-0.39, 0.29) is 11.9 Å². The molecule has 88 valence electrons. The van der Waals surface area contributed by atoms with Crippen molar-refractivity contribution in [2.45, 2.75) is 32.2 Å². The van der Waals surface area contributed by atoms with Gasteiger partial charge in [-0.3, -0.25) is 9.69 Å². The number of rotatable bonds is 4. The molecule has 0 aromatic heterocycles. The number of hydrogen-bond donors (Lipinski definition) is 1. The van der Waals surface area contributed by atoms with Crippen molar-refractivity contribution in [1.82, 2.24) is 4.90 Å². The number of nitrogens with two attached hydrogens (primary N) is 1. The van der Waals surface area contributed by atoms with Crippen LogP contribution in [0.5, 0.6) is 0 Å². The molecule has 0 aromatic carbocycles. The van der Waals surface area contributed by atoms with Crippen LogP contribution in [0.1, 0.15) is 26.2 Å². The number of piperidine rings is 1. The molecule has 0 bridgehead atoms. The van der Waals surface area contributed by atoms with E-state index in [4.69, 9.17) is 10.5 Å². The van der Waals surface area contributed by atoms with Crippen LogP contribution in [0, 0.1) is 5.92 Å². The molecule has 1 heterocycles. The third-order valence-corrected chi connectivity index (χ3v) is 3.13. The number of ether oxygens (including phenoxy) is 1. The number of methoxy groups -OCH3 is 1. The van der Waals surface area contributed by atoms with Crippen LogP contribution in [0.25, 0.3) is 0 Å². The van der Waals surface area contributed by atoms with Gasteiger partial charge in [0.2, 0.25) is 0 Å². The third-order valence-electron chi connectivity index (χ3n) is 3.13. The van der Waals surface area contributed by atoms with E-state index in [0.29, 0.717) is 12.6 Å². The Balaban J connectivity index is 2.43. The maximum absolute atomic E-state index is 11.3. The van der Waals surface area contributed by atoms with E-state index >= 15 is 0 Å². The molecule has 4 nitrogen and oxygen atoms in total. The summed E-state index contributed by atoms with van der Waals surface area (Å²) >= 11 is 0. The first kappa shape index (κ1) is 12.5. The number of likely N-dealkylation sites (tertiary alicyclic amines) is 1. The Kier molecular flexibility index (Phi) is 5.05. The van der Waals surface area contributed by atoms with Crippen molar-refractivity contribution in [1.29, 1.82) is 0 Å². The van der Waals surface area contributed by atoms with Gasteiger partial charge in [-0.2, -0.15) is 0 Å². The highest BCUT2D eigenvalue weighted by Crippen LogP contribution is 2.17. The molecule has 0 aliphatic carbocycles. The Morgan fingerprint density at radius 2 is 2.33 bits per heavy atom. The molecule has 2 atom stereocenters. The molecule has 1 rings (SSSR count). The molecule has 0 amide bonds. The monoisotopic (exact) mass is 214 g/mol. The smallest absolute Gasteiger partial charge is 0.309 e. The second kappa shape index (κ2) is 6.08. The minimum atomic E-state index is -0.128. The van der Waals surface area contributed by atoms with Crippen LogP contribution in [-0.2, 0) is 9.53 Å². The van der Waals surface area contributed by atoms with Gasteiger partial charge in [0.1, 0.15) is 0 Å². The zero-order valence-electron chi connectivity index (χ0n) is 9.74. The number of carbonyl (C=O) groups excluding carboxylic acids is 1.